The number of benzene rings is 2. The van der Waals surface area contributed by atoms with Gasteiger partial charge < -0.3 is 4.42 Å². The zero-order valence-corrected chi connectivity index (χ0v) is 8.78. The van der Waals surface area contributed by atoms with Crippen molar-refractivity contribution in [1.82, 2.24) is 4.98 Å². The van der Waals surface area contributed by atoms with Gasteiger partial charge in [0.05, 0.1) is 0 Å². The van der Waals surface area contributed by atoms with Gasteiger partial charge in [0.2, 0.25) is 0 Å². The van der Waals surface area contributed by atoms with Crippen molar-refractivity contribution in [3.05, 3.63) is 41.2 Å². The smallest absolute Gasteiger partial charge is 0.265 e. The van der Waals surface area contributed by atoms with E-state index in [0.717, 1.165) is 16.5 Å². The molecule has 0 amide bonds. The zero-order valence-electron chi connectivity index (χ0n) is 7.20. The van der Waals surface area contributed by atoms with E-state index >= 15 is 0 Å². The van der Waals surface area contributed by atoms with E-state index in [0.29, 0.717) is 4.80 Å². The molecule has 0 saturated heterocycles. The molecule has 2 aromatic carbocycles. The second-order valence-corrected chi connectivity index (χ2v) is 3.78. The molecule has 0 aliphatic carbocycles. The summed E-state index contributed by atoms with van der Waals surface area (Å²) in [5.41, 5.74) is 1.73. The summed E-state index contributed by atoms with van der Waals surface area (Å²) in [4.78, 5) is 4.74. The number of rotatable bonds is 0. The Morgan fingerprint density at radius 1 is 1.07 bits per heavy atom. The van der Waals surface area contributed by atoms with Crippen molar-refractivity contribution < 1.29 is 4.42 Å². The number of fused-ring (bicyclic) bond motifs is 3. The van der Waals surface area contributed by atoms with Crippen LogP contribution in [0.3, 0.4) is 0 Å². The summed E-state index contributed by atoms with van der Waals surface area (Å²) in [7, 11) is 0. The van der Waals surface area contributed by atoms with Gasteiger partial charge >= 0.3 is 0 Å². The lowest BCUT2D eigenvalue weighted by Crippen LogP contribution is -1.72. The second kappa shape index (κ2) is 2.82. The third-order valence-corrected chi connectivity index (χ3v) is 2.59. The molecular weight excluding hydrogens is 242 g/mol. The fraction of sp³-hybridized carbons (Fsp3) is 0. The van der Waals surface area contributed by atoms with Gasteiger partial charge in [-0.05, 0) is 11.5 Å². The van der Waals surface area contributed by atoms with E-state index in [-0.39, 0.29) is 0 Å². The fourth-order valence-corrected chi connectivity index (χ4v) is 1.98. The Labute approximate surface area is 88.7 Å². The molecule has 0 unspecified atom stereocenters. The zero-order chi connectivity index (χ0) is 9.54. The Balaban J connectivity index is 2.60. The molecule has 3 rings (SSSR count). The molecule has 1 aromatic heterocycles. The van der Waals surface area contributed by atoms with Crippen LogP contribution in [-0.4, -0.2) is 4.98 Å². The molecule has 3 aromatic rings. The summed E-state index contributed by atoms with van der Waals surface area (Å²) in [6, 6.07) is 12.1. The van der Waals surface area contributed by atoms with E-state index in [1.54, 1.807) is 0 Å². The van der Waals surface area contributed by atoms with Gasteiger partial charge in [-0.1, -0.05) is 30.3 Å². The maximum absolute atomic E-state index is 5.49. The molecule has 0 aliphatic heterocycles. The van der Waals surface area contributed by atoms with Crippen molar-refractivity contribution in [2.75, 3.05) is 0 Å². The lowest BCUT2D eigenvalue weighted by atomic mass is 10.1. The highest BCUT2D eigenvalue weighted by Crippen LogP contribution is 2.27. The Hall–Kier alpha value is -1.35. The summed E-state index contributed by atoms with van der Waals surface area (Å²) < 4.78 is 5.49. The number of nitrogens with zero attached hydrogens (tertiary/aromatic N) is 1. The SMILES string of the molecule is Brc1nc2ccc3ccccc3c2o1. The minimum Gasteiger partial charge on any atom is -0.430 e. The third kappa shape index (κ3) is 1.06. The Morgan fingerprint density at radius 2 is 1.93 bits per heavy atom. The molecule has 0 radical (unpaired) electrons. The van der Waals surface area contributed by atoms with E-state index in [4.69, 9.17) is 4.42 Å². The van der Waals surface area contributed by atoms with Gasteiger partial charge in [0.15, 0.2) is 5.58 Å². The standard InChI is InChI=1S/C11H6BrNO/c12-11-13-9-6-5-7-3-1-2-4-8(7)10(9)14-11/h1-6H. The predicted molar refractivity (Wildman–Crippen MR) is 59.2 cm³/mol. The highest BCUT2D eigenvalue weighted by atomic mass is 79.9. The van der Waals surface area contributed by atoms with E-state index in [1.165, 1.54) is 5.39 Å². The number of halogens is 1. The van der Waals surface area contributed by atoms with Crippen LogP contribution in [0.2, 0.25) is 0 Å². The van der Waals surface area contributed by atoms with Gasteiger partial charge in [-0.25, -0.2) is 4.98 Å². The maximum atomic E-state index is 5.49. The molecule has 0 aliphatic rings. The van der Waals surface area contributed by atoms with Crippen LogP contribution in [-0.2, 0) is 0 Å². The first-order chi connectivity index (χ1) is 6.84. The van der Waals surface area contributed by atoms with Crippen molar-refractivity contribution in [3.8, 4) is 0 Å². The van der Waals surface area contributed by atoms with Crippen LogP contribution in [0.5, 0.6) is 0 Å². The molecule has 2 nitrogen and oxygen atoms in total. The first kappa shape index (κ1) is 8.00. The number of oxazole rings is 1. The van der Waals surface area contributed by atoms with Gasteiger partial charge in [-0.3, -0.25) is 0 Å². The minimum atomic E-state index is 0.531. The predicted octanol–water partition coefficient (Wildman–Crippen LogP) is 3.74. The Kier molecular flexibility index (Phi) is 1.61. The molecule has 0 bridgehead atoms. The number of hydrogen-bond donors (Lipinski definition) is 0. The van der Waals surface area contributed by atoms with Gasteiger partial charge in [-0.15, -0.1) is 0 Å². The van der Waals surface area contributed by atoms with E-state index < -0.39 is 0 Å². The molecule has 0 fully saturated rings. The highest BCUT2D eigenvalue weighted by Gasteiger charge is 2.06. The van der Waals surface area contributed by atoms with Crippen molar-refractivity contribution >= 4 is 37.8 Å². The molecule has 0 saturated carbocycles. The summed E-state index contributed by atoms with van der Waals surface area (Å²) >= 11 is 3.23. The normalized spacial score (nSPS) is 11.2. The molecule has 1 heterocycles. The van der Waals surface area contributed by atoms with Gasteiger partial charge in [-0.2, -0.15) is 0 Å². The first-order valence-electron chi connectivity index (χ1n) is 4.28. The lowest BCUT2D eigenvalue weighted by Gasteiger charge is -1.95. The van der Waals surface area contributed by atoms with Gasteiger partial charge in [0.1, 0.15) is 5.52 Å². The summed E-state index contributed by atoms with van der Waals surface area (Å²) in [6.07, 6.45) is 0. The fourth-order valence-electron chi connectivity index (χ4n) is 1.63. The lowest BCUT2D eigenvalue weighted by molar-refractivity contribution is 0.573. The van der Waals surface area contributed by atoms with Crippen molar-refractivity contribution in [2.45, 2.75) is 0 Å². The van der Waals surface area contributed by atoms with Crippen molar-refractivity contribution in [3.63, 3.8) is 0 Å². The quantitative estimate of drug-likeness (QED) is 0.605. The summed E-state index contributed by atoms with van der Waals surface area (Å²) in [5, 5.41) is 2.27. The molecule has 14 heavy (non-hydrogen) atoms. The molecule has 0 N–H and O–H groups in total. The highest BCUT2D eigenvalue weighted by molar-refractivity contribution is 9.10. The van der Waals surface area contributed by atoms with Gasteiger partial charge in [0, 0.05) is 21.3 Å². The maximum Gasteiger partial charge on any atom is 0.265 e. The molecular formula is C11H6BrNO. The first-order valence-corrected chi connectivity index (χ1v) is 5.08. The van der Waals surface area contributed by atoms with Crippen molar-refractivity contribution in [1.29, 1.82) is 0 Å². The van der Waals surface area contributed by atoms with Crippen LogP contribution in [0.1, 0.15) is 0 Å². The summed E-state index contributed by atoms with van der Waals surface area (Å²) in [6.45, 7) is 0. The Bertz CT molecular complexity index is 615. The van der Waals surface area contributed by atoms with Crippen LogP contribution in [0.4, 0.5) is 0 Å². The number of aromatic nitrogens is 1. The van der Waals surface area contributed by atoms with Crippen LogP contribution in [0.25, 0.3) is 21.9 Å². The Morgan fingerprint density at radius 3 is 2.86 bits per heavy atom. The minimum absolute atomic E-state index is 0.531. The average molecular weight is 248 g/mol. The summed E-state index contributed by atoms with van der Waals surface area (Å²) in [5.74, 6) is 0. The molecule has 0 spiro atoms. The van der Waals surface area contributed by atoms with E-state index in [1.807, 2.05) is 30.3 Å². The van der Waals surface area contributed by atoms with E-state index in [9.17, 15) is 0 Å². The van der Waals surface area contributed by atoms with Gasteiger partial charge in [0.25, 0.3) is 4.80 Å². The molecule has 0 atom stereocenters. The number of hydrogen-bond acceptors (Lipinski definition) is 2. The average Bonchev–Trinajstić information content (AvgIpc) is 2.59. The monoisotopic (exact) mass is 247 g/mol. The molecule has 68 valence electrons. The van der Waals surface area contributed by atoms with E-state index in [2.05, 4.69) is 27.0 Å². The third-order valence-electron chi connectivity index (χ3n) is 2.25. The largest absolute Gasteiger partial charge is 0.430 e. The second-order valence-electron chi connectivity index (χ2n) is 3.10. The van der Waals surface area contributed by atoms with Crippen LogP contribution >= 0.6 is 15.9 Å². The topological polar surface area (TPSA) is 26.0 Å². The van der Waals surface area contributed by atoms with Crippen LogP contribution in [0, 0.1) is 0 Å². The van der Waals surface area contributed by atoms with Crippen molar-refractivity contribution in [2.24, 2.45) is 0 Å². The van der Waals surface area contributed by atoms with Crippen LogP contribution in [0.15, 0.2) is 45.6 Å². The molecule has 3 heteroatoms. The van der Waals surface area contributed by atoms with Crippen LogP contribution < -0.4 is 0 Å².